The number of amides is 1. The second-order valence-corrected chi connectivity index (χ2v) is 14.8. The number of carbonyl (C=O) groups excluding carboxylic acids is 1. The molecule has 3 aliphatic rings. The van der Waals surface area contributed by atoms with Gasteiger partial charge in [-0.15, -0.1) is 6.42 Å². The van der Waals surface area contributed by atoms with Crippen molar-refractivity contribution in [2.45, 2.75) is 69.5 Å². The number of terminal acetylenes is 1. The highest BCUT2D eigenvalue weighted by Gasteiger charge is 2.45. The predicted octanol–water partition coefficient (Wildman–Crippen LogP) is 6.23. The van der Waals surface area contributed by atoms with E-state index in [4.69, 9.17) is 26.9 Å². The van der Waals surface area contributed by atoms with Crippen molar-refractivity contribution in [3.8, 4) is 35.2 Å². The molecule has 11 heteroatoms. The van der Waals surface area contributed by atoms with Crippen LogP contribution in [0.5, 0.6) is 11.8 Å². The van der Waals surface area contributed by atoms with Crippen molar-refractivity contribution in [1.29, 1.82) is 0 Å². The van der Waals surface area contributed by atoms with Crippen molar-refractivity contribution in [2.24, 2.45) is 5.73 Å². The molecule has 0 spiro atoms. The average Bonchev–Trinajstić information content (AvgIpc) is 3.83. The van der Waals surface area contributed by atoms with Crippen LogP contribution >= 0.6 is 0 Å². The van der Waals surface area contributed by atoms with Crippen LogP contribution in [0.3, 0.4) is 0 Å². The summed E-state index contributed by atoms with van der Waals surface area (Å²) in [6.07, 6.45) is 13.0. The summed E-state index contributed by atoms with van der Waals surface area (Å²) in [5.74, 6) is 1.20. The number of fused-ring (bicyclic) bond motifs is 3. The number of anilines is 1. The SMILES string of the molecule is C#Cc1c(F)ccc2cc(O)cc(-c3c(C(C)(C)N)cc4c(N(C)C[C@@H]5CCCN5C(=O)C=C)nc(OCC56CCCN5CCC6)nc4c3F)c12. The highest BCUT2D eigenvalue weighted by molar-refractivity contribution is 6.05. The van der Waals surface area contributed by atoms with Crippen molar-refractivity contribution < 1.29 is 23.4 Å². The second kappa shape index (κ2) is 13.1. The van der Waals surface area contributed by atoms with Crippen LogP contribution in [0, 0.1) is 24.0 Å². The summed E-state index contributed by atoms with van der Waals surface area (Å²) >= 11 is 0. The summed E-state index contributed by atoms with van der Waals surface area (Å²) in [7, 11) is 1.86. The Morgan fingerprint density at radius 1 is 1.20 bits per heavy atom. The number of aromatic nitrogens is 2. The zero-order valence-corrected chi connectivity index (χ0v) is 29.4. The molecule has 3 N–H and O–H groups in total. The lowest BCUT2D eigenvalue weighted by atomic mass is 9.83. The molecule has 9 nitrogen and oxygen atoms in total. The summed E-state index contributed by atoms with van der Waals surface area (Å²) in [6, 6.07) is 7.27. The van der Waals surface area contributed by atoms with Gasteiger partial charge in [-0.05, 0) is 112 Å². The molecule has 1 atom stereocenters. The quantitative estimate of drug-likeness (QED) is 0.157. The number of ether oxygens (including phenoxy) is 1. The molecule has 1 amide bonds. The van der Waals surface area contributed by atoms with Gasteiger partial charge in [0, 0.05) is 48.1 Å². The van der Waals surface area contributed by atoms with Gasteiger partial charge in [-0.3, -0.25) is 9.69 Å². The van der Waals surface area contributed by atoms with Crippen LogP contribution in [0.15, 0.2) is 43.0 Å². The van der Waals surface area contributed by atoms with E-state index in [1.807, 2.05) is 11.9 Å². The van der Waals surface area contributed by atoms with Crippen LogP contribution in [-0.2, 0) is 10.3 Å². The third-order valence-corrected chi connectivity index (χ3v) is 11.0. The zero-order chi connectivity index (χ0) is 36.2. The minimum absolute atomic E-state index is 0.0161. The third-order valence-electron chi connectivity index (χ3n) is 11.0. The number of halogens is 2. The minimum atomic E-state index is -1.12. The Balaban J connectivity index is 1.44. The number of aromatic hydroxyl groups is 1. The van der Waals surface area contributed by atoms with E-state index >= 15 is 8.78 Å². The Kier molecular flexibility index (Phi) is 8.88. The topological polar surface area (TPSA) is 108 Å². The fourth-order valence-electron chi connectivity index (χ4n) is 8.58. The van der Waals surface area contributed by atoms with Gasteiger partial charge in [-0.1, -0.05) is 18.6 Å². The number of rotatable bonds is 9. The summed E-state index contributed by atoms with van der Waals surface area (Å²) in [5, 5.41) is 12.0. The normalized spacial score (nSPS) is 18.7. The molecule has 3 aliphatic heterocycles. The molecule has 3 fully saturated rings. The van der Waals surface area contributed by atoms with Gasteiger partial charge < -0.3 is 25.4 Å². The molecule has 4 aromatic rings. The Labute approximate surface area is 297 Å². The molecule has 0 aliphatic carbocycles. The molecule has 51 heavy (non-hydrogen) atoms. The smallest absolute Gasteiger partial charge is 0.319 e. The Morgan fingerprint density at radius 3 is 2.63 bits per heavy atom. The number of nitrogens with zero attached hydrogens (tertiary/aromatic N) is 5. The van der Waals surface area contributed by atoms with Crippen LogP contribution in [0.25, 0.3) is 32.8 Å². The summed E-state index contributed by atoms with van der Waals surface area (Å²) < 4.78 is 39.2. The maximum absolute atomic E-state index is 17.6. The number of hydrogen-bond donors (Lipinski definition) is 2. The molecular weight excluding hydrogens is 650 g/mol. The van der Waals surface area contributed by atoms with Crippen LogP contribution in [0.1, 0.15) is 63.5 Å². The van der Waals surface area contributed by atoms with Crippen LogP contribution in [0.2, 0.25) is 0 Å². The van der Waals surface area contributed by atoms with Gasteiger partial charge in [-0.25, -0.2) is 8.78 Å². The average molecular weight is 695 g/mol. The number of carbonyl (C=O) groups is 1. The Bertz CT molecular complexity index is 2090. The van der Waals surface area contributed by atoms with E-state index in [-0.39, 0.29) is 56.8 Å². The zero-order valence-electron chi connectivity index (χ0n) is 29.4. The van der Waals surface area contributed by atoms with Gasteiger partial charge in [0.25, 0.3) is 0 Å². The van der Waals surface area contributed by atoms with E-state index in [1.54, 1.807) is 24.8 Å². The van der Waals surface area contributed by atoms with E-state index in [0.717, 1.165) is 51.6 Å². The first-order valence-corrected chi connectivity index (χ1v) is 17.6. The molecule has 266 valence electrons. The number of likely N-dealkylation sites (N-methyl/N-ethyl adjacent to an activating group) is 1. The van der Waals surface area contributed by atoms with E-state index < -0.39 is 17.2 Å². The standard InChI is InChI=1S/C40H44F2N6O3/c1-6-27-31(41)13-12-24-19-26(49)20-28(33(24)27)34-30(39(3,4)43)21-29-36(35(34)42)44-38(51-23-40-14-9-16-47(40)17-10-15-40)45-37(29)46(5)22-25-11-8-18-48(25)32(50)7-2/h1,7,12-13,19-21,25,49H,2,8-11,14-18,22-23,43H2,3-5H3/t25-/m0/s1. The maximum Gasteiger partial charge on any atom is 0.319 e. The van der Waals surface area contributed by atoms with Crippen molar-refractivity contribution in [2.75, 3.05) is 44.7 Å². The highest BCUT2D eigenvalue weighted by Crippen LogP contribution is 2.45. The first-order chi connectivity index (χ1) is 24.3. The van der Waals surface area contributed by atoms with Gasteiger partial charge in [0.05, 0.1) is 11.1 Å². The Morgan fingerprint density at radius 2 is 1.94 bits per heavy atom. The number of benzene rings is 3. The fourth-order valence-corrected chi connectivity index (χ4v) is 8.58. The van der Waals surface area contributed by atoms with Crippen molar-refractivity contribution >= 4 is 33.4 Å². The van der Waals surface area contributed by atoms with Gasteiger partial charge in [-0.2, -0.15) is 9.97 Å². The first kappa shape index (κ1) is 34.6. The van der Waals surface area contributed by atoms with Gasteiger partial charge in [0.2, 0.25) is 5.91 Å². The van der Waals surface area contributed by atoms with Crippen molar-refractivity contribution in [3.63, 3.8) is 0 Å². The van der Waals surface area contributed by atoms with Gasteiger partial charge in [0.1, 0.15) is 29.5 Å². The number of nitrogens with two attached hydrogens (primary N) is 1. The van der Waals surface area contributed by atoms with Gasteiger partial charge in [0.15, 0.2) is 5.82 Å². The largest absolute Gasteiger partial charge is 0.508 e. The lowest BCUT2D eigenvalue weighted by Crippen LogP contribution is -2.43. The number of hydrogen-bond acceptors (Lipinski definition) is 8. The molecule has 3 saturated heterocycles. The lowest BCUT2D eigenvalue weighted by Gasteiger charge is -2.32. The molecule has 7 rings (SSSR count). The van der Waals surface area contributed by atoms with Gasteiger partial charge >= 0.3 is 6.01 Å². The second-order valence-electron chi connectivity index (χ2n) is 14.8. The molecule has 0 bridgehead atoms. The minimum Gasteiger partial charge on any atom is -0.508 e. The molecule has 0 unspecified atom stereocenters. The maximum atomic E-state index is 17.6. The van der Waals surface area contributed by atoms with Crippen LogP contribution in [-0.4, -0.2) is 82.2 Å². The summed E-state index contributed by atoms with van der Waals surface area (Å²) in [4.78, 5) is 28.5. The molecular formula is C40H44F2N6O3. The van der Waals surface area contributed by atoms with E-state index in [0.29, 0.717) is 41.9 Å². The number of likely N-dealkylation sites (tertiary alicyclic amines) is 1. The van der Waals surface area contributed by atoms with Crippen molar-refractivity contribution in [3.05, 3.63) is 65.7 Å². The molecule has 0 radical (unpaired) electrons. The molecule has 1 aromatic heterocycles. The number of phenols is 1. The van der Waals surface area contributed by atoms with E-state index in [1.165, 1.54) is 30.3 Å². The Hall–Kier alpha value is -4.79. The number of phenolic OH excluding ortho intramolecular Hbond substituents is 1. The molecule has 3 aromatic carbocycles. The molecule has 0 saturated carbocycles. The first-order valence-electron chi connectivity index (χ1n) is 17.6. The van der Waals surface area contributed by atoms with Crippen molar-refractivity contribution in [1.82, 2.24) is 19.8 Å². The summed E-state index contributed by atoms with van der Waals surface area (Å²) in [6.45, 7) is 10.6. The van der Waals surface area contributed by atoms with Crippen LogP contribution < -0.4 is 15.4 Å². The summed E-state index contributed by atoms with van der Waals surface area (Å²) in [5.41, 5.74) is 6.10. The lowest BCUT2D eigenvalue weighted by molar-refractivity contribution is -0.126. The molecule has 4 heterocycles. The highest BCUT2D eigenvalue weighted by atomic mass is 19.1. The predicted molar refractivity (Wildman–Crippen MR) is 196 cm³/mol. The van der Waals surface area contributed by atoms with Crippen LogP contribution in [0.4, 0.5) is 14.6 Å². The van der Waals surface area contributed by atoms with E-state index in [2.05, 4.69) is 17.4 Å². The third kappa shape index (κ3) is 6.04. The van der Waals surface area contributed by atoms with E-state index in [9.17, 15) is 9.90 Å². The fraction of sp³-hybridized carbons (Fsp3) is 0.425. The monoisotopic (exact) mass is 694 g/mol.